The summed E-state index contributed by atoms with van der Waals surface area (Å²) in [6, 6.07) is 2.24. The number of carbonyl (C=O) groups is 1. The Hall–Kier alpha value is -0.840. The molecule has 2 aliphatic rings. The minimum atomic E-state index is 0.205. The predicted octanol–water partition coefficient (Wildman–Crippen LogP) is 1.13. The first-order valence-electron chi connectivity index (χ1n) is 3.75. The Morgan fingerprint density at radius 2 is 2.40 bits per heavy atom. The van der Waals surface area contributed by atoms with E-state index in [1.54, 1.807) is 0 Å². The van der Waals surface area contributed by atoms with E-state index in [1.807, 2.05) is 0 Å². The molecule has 52 valence electrons. The van der Waals surface area contributed by atoms with Crippen LogP contribution in [0.5, 0.6) is 0 Å². The van der Waals surface area contributed by atoms with Gasteiger partial charge in [-0.25, -0.2) is 0 Å². The van der Waals surface area contributed by atoms with Crippen molar-refractivity contribution in [2.45, 2.75) is 19.3 Å². The average Bonchev–Trinajstić information content (AvgIpc) is 2.10. The zero-order valence-electron chi connectivity index (χ0n) is 5.71. The van der Waals surface area contributed by atoms with Crippen molar-refractivity contribution in [3.63, 3.8) is 0 Å². The summed E-state index contributed by atoms with van der Waals surface area (Å²) in [4.78, 5) is 11.0. The Bertz CT molecular complexity index is 216. The molecule has 0 heterocycles. The molecule has 2 nitrogen and oxygen atoms in total. The number of rotatable bonds is 0. The van der Waals surface area contributed by atoms with Crippen LogP contribution >= 0.6 is 0 Å². The topological polar surface area (TPSA) is 40.9 Å². The molecule has 3 unspecified atom stereocenters. The monoisotopic (exact) mass is 135 g/mol. The molecule has 0 aromatic rings. The molecule has 0 aromatic heterocycles. The molecule has 0 bridgehead atoms. The first kappa shape index (κ1) is 5.91. The van der Waals surface area contributed by atoms with E-state index in [2.05, 4.69) is 6.07 Å². The Morgan fingerprint density at radius 3 is 3.00 bits per heavy atom. The summed E-state index contributed by atoms with van der Waals surface area (Å²) in [7, 11) is 0. The third-order valence-corrected chi connectivity index (χ3v) is 2.84. The van der Waals surface area contributed by atoms with Gasteiger partial charge in [0.1, 0.15) is 5.78 Å². The molecule has 2 saturated carbocycles. The third-order valence-electron chi connectivity index (χ3n) is 2.84. The minimum Gasteiger partial charge on any atom is -0.299 e. The van der Waals surface area contributed by atoms with Crippen LogP contribution in [0.15, 0.2) is 0 Å². The van der Waals surface area contributed by atoms with Crippen LogP contribution in [0.2, 0.25) is 0 Å². The quantitative estimate of drug-likeness (QED) is 0.499. The number of hydrogen-bond acceptors (Lipinski definition) is 2. The van der Waals surface area contributed by atoms with E-state index in [-0.39, 0.29) is 11.8 Å². The van der Waals surface area contributed by atoms with Gasteiger partial charge in [0.05, 0.1) is 12.0 Å². The summed E-state index contributed by atoms with van der Waals surface area (Å²) in [6.45, 7) is 0. The van der Waals surface area contributed by atoms with E-state index in [0.717, 1.165) is 19.3 Å². The zero-order valence-corrected chi connectivity index (χ0v) is 5.71. The summed E-state index contributed by atoms with van der Waals surface area (Å²) < 4.78 is 0. The number of ketones is 1. The van der Waals surface area contributed by atoms with Crippen LogP contribution in [0.25, 0.3) is 0 Å². The van der Waals surface area contributed by atoms with Gasteiger partial charge in [-0.2, -0.15) is 5.26 Å². The maximum Gasteiger partial charge on any atom is 0.136 e. The standard InChI is InChI=1S/C8H9NO/c9-4-5-3-7-6(5)1-2-8(7)10/h5-7H,1-3H2. The molecule has 0 aliphatic heterocycles. The van der Waals surface area contributed by atoms with Crippen molar-refractivity contribution in [2.24, 2.45) is 17.8 Å². The second-order valence-corrected chi connectivity index (χ2v) is 3.25. The van der Waals surface area contributed by atoms with Crippen molar-refractivity contribution >= 4 is 5.78 Å². The number of Topliss-reactive ketones (excluding diaryl/α,β-unsaturated/α-hetero) is 1. The van der Waals surface area contributed by atoms with Crippen LogP contribution < -0.4 is 0 Å². The molecule has 0 spiro atoms. The predicted molar refractivity (Wildman–Crippen MR) is 34.9 cm³/mol. The maximum absolute atomic E-state index is 11.0. The van der Waals surface area contributed by atoms with Gasteiger partial charge >= 0.3 is 0 Å². The van der Waals surface area contributed by atoms with Crippen molar-refractivity contribution in [2.75, 3.05) is 0 Å². The summed E-state index contributed by atoms with van der Waals surface area (Å²) in [5, 5.41) is 8.56. The van der Waals surface area contributed by atoms with Crippen molar-refractivity contribution in [1.82, 2.24) is 0 Å². The van der Waals surface area contributed by atoms with Gasteiger partial charge in [0.25, 0.3) is 0 Å². The first-order valence-corrected chi connectivity index (χ1v) is 3.75. The molecule has 2 fully saturated rings. The fraction of sp³-hybridized carbons (Fsp3) is 0.750. The van der Waals surface area contributed by atoms with Gasteiger partial charge in [-0.1, -0.05) is 0 Å². The molecule has 0 radical (unpaired) electrons. The van der Waals surface area contributed by atoms with E-state index in [4.69, 9.17) is 5.26 Å². The molecule has 3 atom stereocenters. The van der Waals surface area contributed by atoms with Crippen LogP contribution in [0.3, 0.4) is 0 Å². The number of carbonyl (C=O) groups excluding carboxylic acids is 1. The van der Waals surface area contributed by atoms with Crippen LogP contribution in [0.4, 0.5) is 0 Å². The van der Waals surface area contributed by atoms with E-state index >= 15 is 0 Å². The van der Waals surface area contributed by atoms with Gasteiger partial charge in [0.15, 0.2) is 0 Å². The fourth-order valence-electron chi connectivity index (χ4n) is 2.12. The highest BCUT2D eigenvalue weighted by atomic mass is 16.1. The molecule has 10 heavy (non-hydrogen) atoms. The van der Waals surface area contributed by atoms with Crippen LogP contribution in [0, 0.1) is 29.1 Å². The maximum atomic E-state index is 11.0. The second-order valence-electron chi connectivity index (χ2n) is 3.25. The van der Waals surface area contributed by atoms with Crippen LogP contribution in [0.1, 0.15) is 19.3 Å². The van der Waals surface area contributed by atoms with Crippen LogP contribution in [-0.2, 0) is 4.79 Å². The molecule has 0 N–H and O–H groups in total. The summed E-state index contributed by atoms with van der Waals surface area (Å²) in [6.07, 6.45) is 2.55. The molecule has 0 amide bonds. The lowest BCUT2D eigenvalue weighted by Crippen LogP contribution is -2.34. The van der Waals surface area contributed by atoms with Crippen LogP contribution in [-0.4, -0.2) is 5.78 Å². The van der Waals surface area contributed by atoms with Crippen molar-refractivity contribution in [1.29, 1.82) is 5.26 Å². The van der Waals surface area contributed by atoms with Crippen molar-refractivity contribution < 1.29 is 4.79 Å². The average molecular weight is 135 g/mol. The lowest BCUT2D eigenvalue weighted by Gasteiger charge is -2.34. The highest BCUT2D eigenvalue weighted by molar-refractivity contribution is 5.84. The minimum absolute atomic E-state index is 0.205. The molecule has 2 rings (SSSR count). The van der Waals surface area contributed by atoms with Gasteiger partial charge < -0.3 is 0 Å². The third kappa shape index (κ3) is 0.553. The highest BCUT2D eigenvalue weighted by Crippen LogP contribution is 2.48. The summed E-state index contributed by atoms with van der Waals surface area (Å²) in [5.41, 5.74) is 0. The molecule has 0 saturated heterocycles. The Kier molecular flexibility index (Phi) is 1.08. The lowest BCUT2D eigenvalue weighted by atomic mass is 9.67. The Balaban J connectivity index is 2.10. The van der Waals surface area contributed by atoms with Gasteiger partial charge in [-0.3, -0.25) is 4.79 Å². The number of fused-ring (bicyclic) bond motifs is 1. The Morgan fingerprint density at radius 1 is 1.60 bits per heavy atom. The van der Waals surface area contributed by atoms with E-state index in [0.29, 0.717) is 11.7 Å². The number of hydrogen-bond donors (Lipinski definition) is 0. The second kappa shape index (κ2) is 1.82. The Labute approximate surface area is 59.8 Å². The fourth-order valence-corrected chi connectivity index (χ4v) is 2.12. The van der Waals surface area contributed by atoms with Gasteiger partial charge in [0.2, 0.25) is 0 Å². The van der Waals surface area contributed by atoms with E-state index < -0.39 is 0 Å². The smallest absolute Gasteiger partial charge is 0.136 e. The van der Waals surface area contributed by atoms with Gasteiger partial charge in [-0.15, -0.1) is 0 Å². The SMILES string of the molecule is N#CC1CC2C(=O)CCC12. The van der Waals surface area contributed by atoms with Gasteiger partial charge in [-0.05, 0) is 18.8 Å². The van der Waals surface area contributed by atoms with E-state index in [9.17, 15) is 4.79 Å². The molecule has 2 aliphatic carbocycles. The largest absolute Gasteiger partial charge is 0.299 e. The normalized spacial score (nSPS) is 43.9. The molecule has 0 aromatic carbocycles. The number of nitriles is 1. The van der Waals surface area contributed by atoms with Gasteiger partial charge in [0, 0.05) is 12.3 Å². The van der Waals surface area contributed by atoms with Crippen molar-refractivity contribution in [3.05, 3.63) is 0 Å². The molecular weight excluding hydrogens is 126 g/mol. The van der Waals surface area contributed by atoms with Crippen molar-refractivity contribution in [3.8, 4) is 6.07 Å². The zero-order chi connectivity index (χ0) is 7.14. The summed E-state index contributed by atoms with van der Waals surface area (Å²) >= 11 is 0. The van der Waals surface area contributed by atoms with E-state index in [1.165, 1.54) is 0 Å². The summed E-state index contributed by atoms with van der Waals surface area (Å²) in [5.74, 6) is 1.33. The number of nitrogens with zero attached hydrogens (tertiary/aromatic N) is 1. The molecule has 2 heteroatoms. The molecular formula is C8H9NO. The lowest BCUT2D eigenvalue weighted by molar-refractivity contribution is -0.124. The first-order chi connectivity index (χ1) is 4.83. The highest BCUT2D eigenvalue weighted by Gasteiger charge is 2.48.